The Labute approximate surface area is 102 Å². The Kier molecular flexibility index (Phi) is 3.34. The fourth-order valence-corrected chi connectivity index (χ4v) is 2.37. The quantitative estimate of drug-likeness (QED) is 0.687. The van der Waals surface area contributed by atoms with Gasteiger partial charge >= 0.3 is 0 Å². The van der Waals surface area contributed by atoms with Gasteiger partial charge in [-0.15, -0.1) is 5.10 Å². The molecule has 1 atom stereocenters. The first-order valence-corrected chi connectivity index (χ1v) is 5.98. The van der Waals surface area contributed by atoms with E-state index in [4.69, 9.17) is 5.73 Å². The van der Waals surface area contributed by atoms with Crippen molar-refractivity contribution in [1.29, 1.82) is 0 Å². The molecule has 0 aromatic carbocycles. The molecule has 1 aromatic rings. The number of rotatable bonds is 2. The highest BCUT2D eigenvalue weighted by atomic mass is 32.1. The molecule has 17 heavy (non-hydrogen) atoms. The molecule has 1 aliphatic rings. The minimum Gasteiger partial charge on any atom is -0.368 e. The van der Waals surface area contributed by atoms with E-state index < -0.39 is 11.9 Å². The molecule has 1 aliphatic heterocycles. The number of aryl methyl sites for hydroxylation is 1. The molecule has 2 heterocycles. The highest BCUT2D eigenvalue weighted by Gasteiger charge is 2.32. The third-order valence-electron chi connectivity index (χ3n) is 2.68. The van der Waals surface area contributed by atoms with Crippen LogP contribution in [0.15, 0.2) is 0 Å². The third kappa shape index (κ3) is 2.27. The maximum Gasteiger partial charge on any atom is 0.268 e. The van der Waals surface area contributed by atoms with Gasteiger partial charge in [0.05, 0.1) is 5.69 Å². The largest absolute Gasteiger partial charge is 0.368 e. The molecule has 92 valence electrons. The SMILES string of the molecule is Cc1nnsc1C(=O)N1CCNCC1C(N)=O. The number of nitrogens with two attached hydrogens (primary N) is 1. The van der Waals surface area contributed by atoms with Gasteiger partial charge in [-0.25, -0.2) is 0 Å². The zero-order valence-corrected chi connectivity index (χ0v) is 10.2. The fourth-order valence-electron chi connectivity index (χ4n) is 1.76. The van der Waals surface area contributed by atoms with Crippen LogP contribution in [0.25, 0.3) is 0 Å². The van der Waals surface area contributed by atoms with Crippen LogP contribution in [0, 0.1) is 6.92 Å². The number of hydrogen-bond donors (Lipinski definition) is 2. The highest BCUT2D eigenvalue weighted by Crippen LogP contribution is 2.15. The Hall–Kier alpha value is -1.54. The maximum atomic E-state index is 12.2. The number of nitrogens with one attached hydrogen (secondary N) is 1. The number of hydrogen-bond acceptors (Lipinski definition) is 6. The van der Waals surface area contributed by atoms with Crippen LogP contribution in [-0.2, 0) is 4.79 Å². The van der Waals surface area contributed by atoms with Crippen molar-refractivity contribution < 1.29 is 9.59 Å². The molecule has 0 bridgehead atoms. The second-order valence-corrected chi connectivity index (χ2v) is 4.56. The lowest BCUT2D eigenvalue weighted by Crippen LogP contribution is -2.58. The molecule has 0 aliphatic carbocycles. The molecule has 0 radical (unpaired) electrons. The van der Waals surface area contributed by atoms with Gasteiger partial charge in [0, 0.05) is 19.6 Å². The summed E-state index contributed by atoms with van der Waals surface area (Å²) in [7, 11) is 0. The first kappa shape index (κ1) is 11.9. The Morgan fingerprint density at radius 3 is 2.94 bits per heavy atom. The minimum atomic E-state index is -0.599. The number of nitrogens with zero attached hydrogens (tertiary/aromatic N) is 3. The van der Waals surface area contributed by atoms with Crippen molar-refractivity contribution in [2.45, 2.75) is 13.0 Å². The van der Waals surface area contributed by atoms with E-state index in [9.17, 15) is 9.59 Å². The summed E-state index contributed by atoms with van der Waals surface area (Å²) in [4.78, 5) is 25.5. The first-order valence-electron chi connectivity index (χ1n) is 5.21. The number of primary amides is 1. The molecular formula is C9H13N5O2S. The molecule has 2 rings (SSSR count). The van der Waals surface area contributed by atoms with Crippen molar-refractivity contribution >= 4 is 23.3 Å². The van der Waals surface area contributed by atoms with E-state index in [0.717, 1.165) is 11.5 Å². The van der Waals surface area contributed by atoms with E-state index in [1.54, 1.807) is 6.92 Å². The van der Waals surface area contributed by atoms with Gasteiger partial charge < -0.3 is 16.0 Å². The van der Waals surface area contributed by atoms with Crippen LogP contribution in [-0.4, -0.2) is 52.0 Å². The molecule has 1 unspecified atom stereocenters. The topological polar surface area (TPSA) is 101 Å². The van der Waals surface area contributed by atoms with E-state index in [-0.39, 0.29) is 5.91 Å². The number of carbonyl (C=O) groups excluding carboxylic acids is 2. The van der Waals surface area contributed by atoms with Crippen molar-refractivity contribution in [3.63, 3.8) is 0 Å². The molecule has 1 saturated heterocycles. The van der Waals surface area contributed by atoms with Crippen LogP contribution < -0.4 is 11.1 Å². The lowest BCUT2D eigenvalue weighted by Gasteiger charge is -2.33. The lowest BCUT2D eigenvalue weighted by atomic mass is 10.1. The second-order valence-electron chi connectivity index (χ2n) is 3.81. The Balaban J connectivity index is 2.23. The van der Waals surface area contributed by atoms with Crippen molar-refractivity contribution in [3.05, 3.63) is 10.6 Å². The number of carbonyl (C=O) groups is 2. The van der Waals surface area contributed by atoms with Gasteiger partial charge in [-0.2, -0.15) is 0 Å². The van der Waals surface area contributed by atoms with E-state index in [1.807, 2.05) is 0 Å². The number of aromatic nitrogens is 2. The maximum absolute atomic E-state index is 12.2. The molecule has 1 aromatic heterocycles. The van der Waals surface area contributed by atoms with Gasteiger partial charge in [-0.05, 0) is 18.5 Å². The zero-order valence-electron chi connectivity index (χ0n) is 9.34. The lowest BCUT2D eigenvalue weighted by molar-refractivity contribution is -0.122. The van der Waals surface area contributed by atoms with Gasteiger partial charge in [0.15, 0.2) is 0 Å². The van der Waals surface area contributed by atoms with E-state index in [1.165, 1.54) is 4.90 Å². The van der Waals surface area contributed by atoms with Crippen molar-refractivity contribution in [3.8, 4) is 0 Å². The monoisotopic (exact) mass is 255 g/mol. The van der Waals surface area contributed by atoms with E-state index in [0.29, 0.717) is 30.2 Å². The molecule has 3 N–H and O–H groups in total. The van der Waals surface area contributed by atoms with Crippen LogP contribution in [0.3, 0.4) is 0 Å². The summed E-state index contributed by atoms with van der Waals surface area (Å²) in [5.74, 6) is -0.719. The summed E-state index contributed by atoms with van der Waals surface area (Å²) >= 11 is 1.04. The molecular weight excluding hydrogens is 242 g/mol. The fraction of sp³-hybridized carbons (Fsp3) is 0.556. The van der Waals surface area contributed by atoms with Crippen LogP contribution in [0.2, 0.25) is 0 Å². The molecule has 0 saturated carbocycles. The third-order valence-corrected chi connectivity index (χ3v) is 3.49. The van der Waals surface area contributed by atoms with Crippen LogP contribution in [0.5, 0.6) is 0 Å². The average Bonchev–Trinajstić information content (AvgIpc) is 2.74. The van der Waals surface area contributed by atoms with Crippen molar-refractivity contribution in [2.24, 2.45) is 5.73 Å². The summed E-state index contributed by atoms with van der Waals surface area (Å²) in [6, 6.07) is -0.599. The Morgan fingerprint density at radius 1 is 1.59 bits per heavy atom. The molecule has 0 spiro atoms. The molecule has 7 nitrogen and oxygen atoms in total. The van der Waals surface area contributed by atoms with Gasteiger partial charge in [-0.1, -0.05) is 4.49 Å². The number of amides is 2. The first-order chi connectivity index (χ1) is 8.11. The van der Waals surface area contributed by atoms with Gasteiger partial charge in [0.1, 0.15) is 10.9 Å². The standard InChI is InChI=1S/C9H13N5O2S/c1-5-7(17-13-12-5)9(16)14-3-2-11-4-6(14)8(10)15/h6,11H,2-4H2,1H3,(H2,10,15). The highest BCUT2D eigenvalue weighted by molar-refractivity contribution is 7.07. The Bertz CT molecular complexity index is 446. The van der Waals surface area contributed by atoms with Crippen LogP contribution in [0.4, 0.5) is 0 Å². The molecule has 8 heteroatoms. The van der Waals surface area contributed by atoms with Gasteiger partial charge in [0.25, 0.3) is 5.91 Å². The predicted molar refractivity (Wildman–Crippen MR) is 61.5 cm³/mol. The van der Waals surface area contributed by atoms with E-state index >= 15 is 0 Å². The smallest absolute Gasteiger partial charge is 0.268 e. The molecule has 1 fully saturated rings. The summed E-state index contributed by atoms with van der Waals surface area (Å²) in [5.41, 5.74) is 5.87. The van der Waals surface area contributed by atoms with Gasteiger partial charge in [-0.3, -0.25) is 9.59 Å². The van der Waals surface area contributed by atoms with Crippen LogP contribution in [0.1, 0.15) is 15.4 Å². The summed E-state index contributed by atoms with van der Waals surface area (Å²) in [6.45, 7) is 3.23. The predicted octanol–water partition coefficient (Wildman–Crippen LogP) is -1.25. The average molecular weight is 255 g/mol. The Morgan fingerprint density at radius 2 is 2.35 bits per heavy atom. The van der Waals surface area contributed by atoms with Crippen LogP contribution >= 0.6 is 11.5 Å². The molecule has 2 amide bonds. The van der Waals surface area contributed by atoms with Crippen molar-refractivity contribution in [2.75, 3.05) is 19.6 Å². The minimum absolute atomic E-state index is 0.220. The zero-order chi connectivity index (χ0) is 12.4. The summed E-state index contributed by atoms with van der Waals surface area (Å²) in [6.07, 6.45) is 0. The van der Waals surface area contributed by atoms with Crippen molar-refractivity contribution in [1.82, 2.24) is 19.8 Å². The van der Waals surface area contributed by atoms with Gasteiger partial charge in [0.2, 0.25) is 5.91 Å². The summed E-state index contributed by atoms with van der Waals surface area (Å²) < 4.78 is 3.72. The van der Waals surface area contributed by atoms with E-state index in [2.05, 4.69) is 14.9 Å². The second kappa shape index (κ2) is 4.76. The number of piperazine rings is 1. The summed E-state index contributed by atoms with van der Waals surface area (Å²) in [5, 5.41) is 6.83. The normalized spacial score (nSPS) is 20.3.